The highest BCUT2D eigenvalue weighted by Gasteiger charge is 2.40. The first kappa shape index (κ1) is 45.1. The van der Waals surface area contributed by atoms with Gasteiger partial charge in [-0.1, -0.05) is 33.8 Å². The fourth-order valence-electron chi connectivity index (χ4n) is 10.1. The maximum absolute atomic E-state index is 16.9. The Morgan fingerprint density at radius 2 is 1.32 bits per heavy atom. The number of aromatic amines is 2. The van der Waals surface area contributed by atoms with Gasteiger partial charge in [-0.05, 0) is 98.7 Å². The van der Waals surface area contributed by atoms with Crippen LogP contribution in [0.5, 0.6) is 5.75 Å². The topological polar surface area (TPSA) is 189 Å². The van der Waals surface area contributed by atoms with E-state index in [-0.39, 0.29) is 35.7 Å². The molecule has 0 radical (unpaired) electrons. The number of aromatic nitrogens is 5. The van der Waals surface area contributed by atoms with Crippen molar-refractivity contribution in [2.24, 2.45) is 11.8 Å². The maximum Gasteiger partial charge on any atom is 0.407 e. The first-order valence-corrected chi connectivity index (χ1v) is 24.3. The predicted molar refractivity (Wildman–Crippen MR) is 253 cm³/mol. The molecular formula is C50H56FN9O7S. The van der Waals surface area contributed by atoms with Gasteiger partial charge in [0, 0.05) is 34.5 Å². The molecule has 2 aromatic carbocycles. The number of amides is 4. The fourth-order valence-corrected chi connectivity index (χ4v) is 11.3. The summed E-state index contributed by atoms with van der Waals surface area (Å²) in [6, 6.07) is 13.6. The Labute approximate surface area is 396 Å². The normalized spacial score (nSPS) is 19.8. The summed E-state index contributed by atoms with van der Waals surface area (Å²) in [6.45, 7) is 8.59. The number of H-pyrrole nitrogens is 2. The number of nitrogens with one attached hydrogen (secondary N) is 4. The van der Waals surface area contributed by atoms with E-state index in [1.54, 1.807) is 33.5 Å². The van der Waals surface area contributed by atoms with Crippen LogP contribution in [-0.2, 0) is 19.1 Å². The smallest absolute Gasteiger partial charge is 0.407 e. The van der Waals surface area contributed by atoms with Gasteiger partial charge in [-0.15, -0.1) is 11.3 Å². The van der Waals surface area contributed by atoms with Crippen molar-refractivity contribution in [3.8, 4) is 39.5 Å². The summed E-state index contributed by atoms with van der Waals surface area (Å²) in [5.41, 5.74) is 4.70. The van der Waals surface area contributed by atoms with Gasteiger partial charge in [-0.3, -0.25) is 14.2 Å². The average Bonchev–Trinajstić information content (AvgIpc) is 4.05. The molecule has 0 spiro atoms. The minimum absolute atomic E-state index is 0.149. The van der Waals surface area contributed by atoms with Crippen molar-refractivity contribution in [1.29, 1.82) is 0 Å². The van der Waals surface area contributed by atoms with E-state index in [0.717, 1.165) is 46.3 Å². The molecule has 0 bridgehead atoms. The Hall–Kier alpha value is -6.69. The molecule has 4 aromatic heterocycles. The molecule has 4 N–H and O–H groups in total. The number of methoxy groups -OCH3 is 2. The number of likely N-dealkylation sites (tertiary alicyclic amines) is 2. The van der Waals surface area contributed by atoms with E-state index in [0.29, 0.717) is 65.3 Å². The van der Waals surface area contributed by atoms with Gasteiger partial charge >= 0.3 is 12.2 Å². The number of thiophene rings is 1. The van der Waals surface area contributed by atoms with Gasteiger partial charge in [0.15, 0.2) is 0 Å². The van der Waals surface area contributed by atoms with Crippen LogP contribution in [0, 0.1) is 17.7 Å². The third kappa shape index (κ3) is 8.25. The first-order chi connectivity index (χ1) is 32.8. The number of nitrogens with zero attached hydrogens (tertiary/aromatic N) is 5. The molecule has 4 aliphatic rings. The lowest BCUT2D eigenvalue weighted by Crippen LogP contribution is -2.51. The Morgan fingerprint density at radius 1 is 0.750 bits per heavy atom. The van der Waals surface area contributed by atoms with E-state index in [4.69, 9.17) is 24.2 Å². The monoisotopic (exact) mass is 945 g/mol. The van der Waals surface area contributed by atoms with Gasteiger partial charge in [0.1, 0.15) is 35.3 Å². The van der Waals surface area contributed by atoms with Gasteiger partial charge in [-0.25, -0.2) is 23.9 Å². The number of carbonyl (C=O) groups excluding carboxylic acids is 4. The van der Waals surface area contributed by atoms with Crippen LogP contribution in [0.3, 0.4) is 0 Å². The van der Waals surface area contributed by atoms with Crippen LogP contribution in [0.1, 0.15) is 112 Å². The molecule has 1 saturated carbocycles. The zero-order chi connectivity index (χ0) is 47.5. The van der Waals surface area contributed by atoms with E-state index in [1.165, 1.54) is 38.0 Å². The molecule has 18 heteroatoms. The van der Waals surface area contributed by atoms with Crippen molar-refractivity contribution in [2.45, 2.75) is 103 Å². The van der Waals surface area contributed by atoms with Crippen molar-refractivity contribution < 1.29 is 37.8 Å². The van der Waals surface area contributed by atoms with Gasteiger partial charge < -0.3 is 44.6 Å². The van der Waals surface area contributed by atoms with Crippen LogP contribution in [0.15, 0.2) is 60.9 Å². The number of imidazole rings is 2. The molecule has 3 fully saturated rings. The zero-order valence-corrected chi connectivity index (χ0v) is 39.7. The van der Waals surface area contributed by atoms with Gasteiger partial charge in [-0.2, -0.15) is 0 Å². The summed E-state index contributed by atoms with van der Waals surface area (Å²) in [7, 11) is 2.55. The van der Waals surface area contributed by atoms with Crippen molar-refractivity contribution in [2.75, 3.05) is 27.3 Å². The number of fused-ring (bicyclic) bond motifs is 5. The summed E-state index contributed by atoms with van der Waals surface area (Å²) < 4.78 is 35.5. The molecule has 6 aromatic rings. The lowest BCUT2D eigenvalue weighted by atomic mass is 10.0. The van der Waals surface area contributed by atoms with Crippen LogP contribution in [0.4, 0.5) is 14.0 Å². The van der Waals surface area contributed by atoms with Gasteiger partial charge in [0.05, 0.1) is 71.7 Å². The highest BCUT2D eigenvalue weighted by molar-refractivity contribution is 7.12. The molecule has 68 heavy (non-hydrogen) atoms. The Morgan fingerprint density at radius 3 is 1.88 bits per heavy atom. The highest BCUT2D eigenvalue weighted by Crippen LogP contribution is 2.50. The first-order valence-electron chi connectivity index (χ1n) is 23.5. The van der Waals surface area contributed by atoms with Gasteiger partial charge in [0.25, 0.3) is 0 Å². The molecule has 3 aliphatic heterocycles. The second-order valence-corrected chi connectivity index (χ2v) is 20.1. The van der Waals surface area contributed by atoms with Crippen LogP contribution >= 0.6 is 11.3 Å². The quantitative estimate of drug-likeness (QED) is 0.0927. The molecule has 5 atom stereocenters. The van der Waals surface area contributed by atoms with Crippen molar-refractivity contribution in [3.05, 3.63) is 88.1 Å². The summed E-state index contributed by atoms with van der Waals surface area (Å²) >= 11 is 1.73. The lowest BCUT2D eigenvalue weighted by Gasteiger charge is -2.30. The van der Waals surface area contributed by atoms with E-state index < -0.39 is 36.3 Å². The van der Waals surface area contributed by atoms with Crippen LogP contribution in [0.2, 0.25) is 0 Å². The minimum atomic E-state index is -0.768. The number of hydrogen-bond donors (Lipinski definition) is 4. The Balaban J connectivity index is 0.963. The third-order valence-electron chi connectivity index (χ3n) is 13.8. The molecule has 1 aliphatic carbocycles. The summed E-state index contributed by atoms with van der Waals surface area (Å²) in [5, 5.41) is 6.29. The van der Waals surface area contributed by atoms with Crippen LogP contribution < -0.4 is 15.4 Å². The van der Waals surface area contributed by atoms with Crippen LogP contribution in [-0.4, -0.2) is 97.7 Å². The van der Waals surface area contributed by atoms with Crippen molar-refractivity contribution in [3.63, 3.8) is 0 Å². The molecule has 10 rings (SSSR count). The van der Waals surface area contributed by atoms with E-state index >= 15 is 4.39 Å². The maximum atomic E-state index is 16.9. The van der Waals surface area contributed by atoms with E-state index in [1.807, 2.05) is 52.0 Å². The third-order valence-corrected chi connectivity index (χ3v) is 15.1. The Kier molecular flexibility index (Phi) is 12.0. The number of rotatable bonds is 12. The number of alkyl carbamates (subject to hydrolysis) is 2. The summed E-state index contributed by atoms with van der Waals surface area (Å²) in [6.07, 6.45) is 6.87. The molecule has 356 valence electrons. The number of ether oxygens (including phenoxy) is 3. The van der Waals surface area contributed by atoms with Crippen LogP contribution in [0.25, 0.3) is 44.7 Å². The average molecular weight is 946 g/mol. The minimum Gasteiger partial charge on any atom is -0.464 e. The van der Waals surface area contributed by atoms with E-state index in [9.17, 15) is 19.2 Å². The van der Waals surface area contributed by atoms with Crippen molar-refractivity contribution in [1.82, 2.24) is 44.9 Å². The highest BCUT2D eigenvalue weighted by atomic mass is 32.1. The molecule has 4 amide bonds. The molecule has 1 unspecified atom stereocenters. The number of halogens is 1. The second-order valence-electron chi connectivity index (χ2n) is 18.9. The number of hydrogen-bond acceptors (Lipinski definition) is 10. The SMILES string of the molecule is COC(=O)NC(C(=O)N1CCC[C@H]1c1ncc(-c2ccc3c(c2)cc2n3[C@H](c3ccc(C4CC4)s3)Oc3cc(-c4cnc([C@@H]5CCCN5C(=O)[C@@H](NC(=O)OC)C(C)C)[nH]4)cc(F)c3-2)[nH]1)C(C)C. The fraction of sp³-hybridized carbons (Fsp3) is 0.440. The molecule has 7 heterocycles. The second kappa shape index (κ2) is 18.1. The van der Waals surface area contributed by atoms with E-state index in [2.05, 4.69) is 43.4 Å². The molecule has 2 saturated heterocycles. The molecular weight excluding hydrogens is 890 g/mol. The standard InChI is InChI=1S/C50H56FN9O7S/c1-25(2)42(56-49(63)65-5)46(61)58-17-7-9-35(58)44-52-23-32(54-44)28-13-14-34-30(19-28)21-37-41-31(51)20-29(22-38(41)67-48(60(34)37)40-16-15-39(68-40)27-11-12-27)33-24-53-45(55-33)36-10-8-18-59(36)47(62)43(26(3)4)57-50(64)66-6/h13-16,19-27,35-36,42-43,48H,7-12,17-18H2,1-6H3,(H,52,54)(H,53,55)(H,56,63)(H,57,64)/t35-,36-,42?,43-,48-/m0/s1. The number of carbonyl (C=O) groups is 4. The Bertz CT molecular complexity index is 2910. The number of benzene rings is 2. The zero-order valence-electron chi connectivity index (χ0n) is 38.9. The van der Waals surface area contributed by atoms with Crippen molar-refractivity contribution >= 4 is 46.2 Å². The summed E-state index contributed by atoms with van der Waals surface area (Å²) in [4.78, 5) is 74.1. The largest absolute Gasteiger partial charge is 0.464 e. The molecule has 16 nitrogen and oxygen atoms in total. The lowest BCUT2D eigenvalue weighted by molar-refractivity contribution is -0.136. The predicted octanol–water partition coefficient (Wildman–Crippen LogP) is 9.19. The van der Waals surface area contributed by atoms with Gasteiger partial charge in [0.2, 0.25) is 18.0 Å². The summed E-state index contributed by atoms with van der Waals surface area (Å²) in [5.74, 6) is 1.04.